The number of aromatic nitrogens is 2. The summed E-state index contributed by atoms with van der Waals surface area (Å²) in [6, 6.07) is 9.63. The number of guanidine groups is 1. The van der Waals surface area contributed by atoms with Crippen LogP contribution in [0.3, 0.4) is 0 Å². The fourth-order valence-electron chi connectivity index (χ4n) is 2.64. The third-order valence-electron chi connectivity index (χ3n) is 4.16. The Kier molecular flexibility index (Phi) is 10.6. The Morgan fingerprint density at radius 3 is 2.68 bits per heavy atom. The van der Waals surface area contributed by atoms with E-state index in [-0.39, 0.29) is 29.8 Å². The summed E-state index contributed by atoms with van der Waals surface area (Å²) in [5.41, 5.74) is 0.950. The first kappa shape index (κ1) is 25.0. The van der Waals surface area contributed by atoms with Crippen LogP contribution in [0.4, 0.5) is 4.39 Å². The lowest BCUT2D eigenvalue weighted by Gasteiger charge is -2.10. The van der Waals surface area contributed by atoms with Crippen LogP contribution in [0.2, 0.25) is 0 Å². The molecule has 0 aliphatic carbocycles. The third-order valence-corrected chi connectivity index (χ3v) is 5.36. The quantitative estimate of drug-likeness (QED) is 0.222. The predicted molar refractivity (Wildman–Crippen MR) is 134 cm³/mol. The fraction of sp³-hybridized carbons (Fsp3) is 0.318. The first-order chi connectivity index (χ1) is 14.7. The number of nitrogens with zero attached hydrogens (tertiary/aromatic N) is 3. The fourth-order valence-corrected chi connectivity index (χ4v) is 3.50. The lowest BCUT2D eigenvalue weighted by atomic mass is 10.3. The Morgan fingerprint density at radius 1 is 1.13 bits per heavy atom. The molecular weight excluding hydrogens is 528 g/mol. The number of hydrogen-bond acceptors (Lipinski definition) is 5. The molecule has 2 aromatic heterocycles. The summed E-state index contributed by atoms with van der Waals surface area (Å²) < 4.78 is 18.8. The largest absolute Gasteiger partial charge is 0.439 e. The summed E-state index contributed by atoms with van der Waals surface area (Å²) in [5.74, 6) is 1.24. The highest BCUT2D eigenvalue weighted by Gasteiger charge is 2.04. The number of thiazole rings is 1. The van der Waals surface area contributed by atoms with E-state index in [9.17, 15) is 4.39 Å². The molecule has 0 atom stereocenters. The molecule has 3 rings (SSSR count). The second kappa shape index (κ2) is 13.2. The minimum Gasteiger partial charge on any atom is -0.439 e. The Bertz CT molecular complexity index is 965. The predicted octanol–water partition coefficient (Wildman–Crippen LogP) is 4.95. The Hall–Kier alpha value is -2.27. The van der Waals surface area contributed by atoms with E-state index in [0.29, 0.717) is 18.2 Å². The maximum Gasteiger partial charge on any atom is 0.219 e. The van der Waals surface area contributed by atoms with E-state index in [2.05, 4.69) is 32.5 Å². The van der Waals surface area contributed by atoms with Gasteiger partial charge in [0.2, 0.25) is 5.88 Å². The van der Waals surface area contributed by atoms with Crippen LogP contribution < -0.4 is 15.4 Å². The minimum absolute atomic E-state index is 0. The summed E-state index contributed by atoms with van der Waals surface area (Å²) in [4.78, 5) is 14.6. The van der Waals surface area contributed by atoms with Gasteiger partial charge >= 0.3 is 0 Å². The van der Waals surface area contributed by atoms with Gasteiger partial charge in [-0.1, -0.05) is 19.1 Å². The van der Waals surface area contributed by atoms with Gasteiger partial charge in [-0.25, -0.2) is 19.4 Å². The topological polar surface area (TPSA) is 71.4 Å². The van der Waals surface area contributed by atoms with E-state index in [1.54, 1.807) is 35.7 Å². The van der Waals surface area contributed by atoms with Gasteiger partial charge in [-0.05, 0) is 31.0 Å². The normalized spacial score (nSPS) is 11.0. The first-order valence-electron chi connectivity index (χ1n) is 10.0. The van der Waals surface area contributed by atoms with Crippen molar-refractivity contribution in [2.75, 3.05) is 13.1 Å². The van der Waals surface area contributed by atoms with E-state index in [1.807, 2.05) is 19.2 Å². The average molecular weight is 555 g/mol. The summed E-state index contributed by atoms with van der Waals surface area (Å²) >= 11 is 1.76. The van der Waals surface area contributed by atoms with Gasteiger partial charge in [0, 0.05) is 48.9 Å². The Morgan fingerprint density at radius 2 is 2.00 bits per heavy atom. The summed E-state index contributed by atoms with van der Waals surface area (Å²) in [5, 5.41) is 7.72. The average Bonchev–Trinajstić information content (AvgIpc) is 3.21. The molecule has 0 saturated heterocycles. The zero-order valence-corrected chi connectivity index (χ0v) is 20.7. The maximum atomic E-state index is 13.2. The van der Waals surface area contributed by atoms with Crippen LogP contribution in [0.15, 0.2) is 53.8 Å². The molecule has 1 aromatic carbocycles. The SMILES string of the molecule is CCNC(=NCc1ccc(Oc2cccc(F)c2)nc1)NCCc1ncc(CC)s1.I. The van der Waals surface area contributed by atoms with E-state index in [0.717, 1.165) is 42.5 Å². The van der Waals surface area contributed by atoms with Crippen LogP contribution in [-0.2, 0) is 19.4 Å². The second-order valence-electron chi connectivity index (χ2n) is 6.51. The molecule has 6 nitrogen and oxygen atoms in total. The van der Waals surface area contributed by atoms with Crippen molar-refractivity contribution in [3.05, 3.63) is 70.1 Å². The number of nitrogens with one attached hydrogen (secondary N) is 2. The molecule has 0 spiro atoms. The van der Waals surface area contributed by atoms with Crippen molar-refractivity contribution in [1.29, 1.82) is 0 Å². The van der Waals surface area contributed by atoms with E-state index < -0.39 is 0 Å². The maximum absolute atomic E-state index is 13.2. The molecule has 0 aliphatic rings. The lowest BCUT2D eigenvalue weighted by Crippen LogP contribution is -2.38. The number of aliphatic imine (C=N–C) groups is 1. The van der Waals surface area contributed by atoms with Gasteiger partial charge in [0.25, 0.3) is 0 Å². The van der Waals surface area contributed by atoms with Gasteiger partial charge in [0.15, 0.2) is 5.96 Å². The van der Waals surface area contributed by atoms with Crippen LogP contribution in [-0.4, -0.2) is 29.0 Å². The lowest BCUT2D eigenvalue weighted by molar-refractivity contribution is 0.457. The van der Waals surface area contributed by atoms with Crippen LogP contribution in [0.1, 0.15) is 29.3 Å². The van der Waals surface area contributed by atoms with Crippen molar-refractivity contribution in [2.24, 2.45) is 4.99 Å². The van der Waals surface area contributed by atoms with Crippen molar-refractivity contribution in [2.45, 2.75) is 33.2 Å². The van der Waals surface area contributed by atoms with Crippen LogP contribution >= 0.6 is 35.3 Å². The van der Waals surface area contributed by atoms with Crippen molar-refractivity contribution in [1.82, 2.24) is 20.6 Å². The van der Waals surface area contributed by atoms with Gasteiger partial charge in [-0.15, -0.1) is 35.3 Å². The number of hydrogen-bond donors (Lipinski definition) is 2. The van der Waals surface area contributed by atoms with Crippen molar-refractivity contribution in [3.63, 3.8) is 0 Å². The number of rotatable bonds is 9. The molecule has 0 amide bonds. The first-order valence-corrected chi connectivity index (χ1v) is 10.8. The van der Waals surface area contributed by atoms with Crippen LogP contribution in [0, 0.1) is 5.82 Å². The molecule has 166 valence electrons. The number of pyridine rings is 1. The summed E-state index contributed by atoms with van der Waals surface area (Å²) in [7, 11) is 0. The molecule has 2 N–H and O–H groups in total. The number of ether oxygens (including phenoxy) is 1. The minimum atomic E-state index is -0.345. The molecule has 0 saturated carbocycles. The smallest absolute Gasteiger partial charge is 0.219 e. The second-order valence-corrected chi connectivity index (χ2v) is 7.71. The number of aryl methyl sites for hydroxylation is 1. The van der Waals surface area contributed by atoms with Crippen molar-refractivity contribution < 1.29 is 9.13 Å². The highest BCUT2D eigenvalue weighted by Crippen LogP contribution is 2.20. The number of halogens is 2. The van der Waals surface area contributed by atoms with Gasteiger partial charge in [-0.3, -0.25) is 0 Å². The third kappa shape index (κ3) is 8.41. The number of benzene rings is 1. The Labute approximate surface area is 203 Å². The zero-order valence-electron chi connectivity index (χ0n) is 17.6. The Balaban J connectivity index is 0.00000341. The molecule has 3 aromatic rings. The highest BCUT2D eigenvalue weighted by atomic mass is 127. The van der Waals surface area contributed by atoms with E-state index in [4.69, 9.17) is 4.74 Å². The molecule has 0 unspecified atom stereocenters. The molecule has 0 bridgehead atoms. The standard InChI is InChI=1S/C22H26FN5OS.HI/c1-3-19-15-27-21(30-19)10-11-25-22(24-4-2)28-14-16-8-9-20(26-13-16)29-18-7-5-6-17(23)12-18;/h5-9,12-13,15H,3-4,10-11,14H2,1-2H3,(H2,24,25,28);1H. The van der Waals surface area contributed by atoms with Gasteiger partial charge in [-0.2, -0.15) is 0 Å². The monoisotopic (exact) mass is 555 g/mol. The molecular formula is C22H27FIN5OS. The van der Waals surface area contributed by atoms with Crippen molar-refractivity contribution >= 4 is 41.3 Å². The molecule has 9 heteroatoms. The van der Waals surface area contributed by atoms with E-state index in [1.165, 1.54) is 17.0 Å². The van der Waals surface area contributed by atoms with Gasteiger partial charge < -0.3 is 15.4 Å². The van der Waals surface area contributed by atoms with E-state index >= 15 is 0 Å². The molecule has 0 radical (unpaired) electrons. The zero-order chi connectivity index (χ0) is 21.2. The molecule has 2 heterocycles. The van der Waals surface area contributed by atoms with Gasteiger partial charge in [0.05, 0.1) is 11.6 Å². The summed E-state index contributed by atoms with van der Waals surface area (Å²) in [6.07, 6.45) is 5.55. The molecule has 31 heavy (non-hydrogen) atoms. The van der Waals surface area contributed by atoms with Crippen molar-refractivity contribution in [3.8, 4) is 11.6 Å². The highest BCUT2D eigenvalue weighted by molar-refractivity contribution is 14.0. The molecule has 0 fully saturated rings. The molecule has 0 aliphatic heterocycles. The summed E-state index contributed by atoms with van der Waals surface area (Å²) in [6.45, 7) is 6.20. The van der Waals surface area contributed by atoms with Crippen LogP contribution in [0.5, 0.6) is 11.6 Å². The van der Waals surface area contributed by atoms with Crippen LogP contribution in [0.25, 0.3) is 0 Å². The van der Waals surface area contributed by atoms with Gasteiger partial charge in [0.1, 0.15) is 11.6 Å².